The van der Waals surface area contributed by atoms with Crippen molar-refractivity contribution < 1.29 is 23.5 Å². The summed E-state index contributed by atoms with van der Waals surface area (Å²) in [6, 6.07) is 12.7. The number of anilines is 1. The quantitative estimate of drug-likeness (QED) is 0.231. The Labute approximate surface area is 245 Å². The molecular formula is C30H26ClFN6O4. The average Bonchev–Trinajstić information content (AvgIpc) is 3.43. The van der Waals surface area contributed by atoms with Gasteiger partial charge in [-0.1, -0.05) is 23.7 Å². The Balaban J connectivity index is 1.36. The van der Waals surface area contributed by atoms with Crippen LogP contribution >= 0.6 is 11.6 Å². The molecule has 10 nitrogen and oxygen atoms in total. The number of carbonyl (C=O) groups is 3. The average molecular weight is 589 g/mol. The van der Waals surface area contributed by atoms with Crippen LogP contribution in [0.3, 0.4) is 0 Å². The summed E-state index contributed by atoms with van der Waals surface area (Å²) in [6.07, 6.45) is 4.71. The molecule has 0 radical (unpaired) electrons. The molecule has 1 saturated heterocycles. The van der Waals surface area contributed by atoms with Crippen molar-refractivity contribution >= 4 is 35.4 Å². The monoisotopic (exact) mass is 588 g/mol. The molecule has 3 N–H and O–H groups in total. The maximum atomic E-state index is 15.6. The molecule has 3 aromatic heterocycles. The minimum absolute atomic E-state index is 0.0209. The third-order valence-corrected chi connectivity index (χ3v) is 7.13. The fourth-order valence-corrected chi connectivity index (χ4v) is 4.89. The molecule has 0 aliphatic carbocycles. The van der Waals surface area contributed by atoms with Gasteiger partial charge in [0.25, 0.3) is 5.91 Å². The number of nitrogens with one attached hydrogen (secondary N) is 3. The van der Waals surface area contributed by atoms with Crippen LogP contribution in [0.2, 0.25) is 5.02 Å². The molecule has 0 saturated carbocycles. The Bertz CT molecular complexity index is 1650. The molecule has 1 fully saturated rings. The molecule has 4 heterocycles. The van der Waals surface area contributed by atoms with Gasteiger partial charge in [0, 0.05) is 60.2 Å². The fraction of sp³-hybridized carbons (Fsp3) is 0.200. The van der Waals surface area contributed by atoms with Crippen LogP contribution in [0.5, 0.6) is 5.88 Å². The van der Waals surface area contributed by atoms with E-state index in [1.165, 1.54) is 43.8 Å². The maximum Gasteiger partial charge on any atom is 0.274 e. The lowest BCUT2D eigenvalue weighted by Gasteiger charge is -2.15. The van der Waals surface area contributed by atoms with Crippen molar-refractivity contribution in [2.45, 2.75) is 25.4 Å². The largest absolute Gasteiger partial charge is 0.481 e. The standard InChI is InChI=1S/C30H26ClFN6O4/c1-42-30-18(14-33-15-19-7-10-25(40)36-19)6-9-22(38-30)20-11-12-34-28(26(20)31)21-3-2-4-23(27(21)32)37-29(41)24-8-5-17(16-39)13-35-24/h2-6,8-9,11-13,16,19,33H,7,10,14-15H2,1H3,(H,36,40)(H,37,41)/t19-/m0/s1. The molecule has 214 valence electrons. The maximum absolute atomic E-state index is 15.6. The Morgan fingerprint density at radius 2 is 2.02 bits per heavy atom. The number of pyridine rings is 3. The number of rotatable bonds is 10. The summed E-state index contributed by atoms with van der Waals surface area (Å²) in [5, 5.41) is 8.92. The molecule has 0 unspecified atom stereocenters. The zero-order valence-corrected chi connectivity index (χ0v) is 23.2. The molecule has 1 aliphatic rings. The molecule has 0 bridgehead atoms. The van der Waals surface area contributed by atoms with Crippen molar-refractivity contribution in [3.05, 3.63) is 88.6 Å². The number of hydrogen-bond donors (Lipinski definition) is 3. The van der Waals surface area contributed by atoms with E-state index >= 15 is 4.39 Å². The number of aromatic nitrogens is 3. The van der Waals surface area contributed by atoms with Crippen LogP contribution in [0.25, 0.3) is 22.5 Å². The van der Waals surface area contributed by atoms with Crippen molar-refractivity contribution in [3.63, 3.8) is 0 Å². The second kappa shape index (κ2) is 12.8. The van der Waals surface area contributed by atoms with Gasteiger partial charge >= 0.3 is 0 Å². The highest BCUT2D eigenvalue weighted by Crippen LogP contribution is 2.37. The van der Waals surface area contributed by atoms with Gasteiger partial charge in [-0.2, -0.15) is 0 Å². The molecule has 1 aliphatic heterocycles. The summed E-state index contributed by atoms with van der Waals surface area (Å²) in [4.78, 5) is 47.8. The van der Waals surface area contributed by atoms with Crippen LogP contribution in [0.15, 0.2) is 60.9 Å². The van der Waals surface area contributed by atoms with Crippen LogP contribution in [0.4, 0.5) is 10.1 Å². The first-order valence-corrected chi connectivity index (χ1v) is 13.5. The topological polar surface area (TPSA) is 135 Å². The van der Waals surface area contributed by atoms with Gasteiger partial charge in [0.1, 0.15) is 5.69 Å². The van der Waals surface area contributed by atoms with Gasteiger partial charge in [0.2, 0.25) is 11.8 Å². The molecule has 42 heavy (non-hydrogen) atoms. The van der Waals surface area contributed by atoms with Gasteiger partial charge in [0.15, 0.2) is 12.1 Å². The molecule has 5 rings (SSSR count). The van der Waals surface area contributed by atoms with Crippen LogP contribution in [0.1, 0.15) is 39.3 Å². The van der Waals surface area contributed by atoms with Gasteiger partial charge in [-0.3, -0.25) is 24.4 Å². The van der Waals surface area contributed by atoms with Crippen LogP contribution in [-0.2, 0) is 11.3 Å². The Kier molecular flexibility index (Phi) is 8.80. The van der Waals surface area contributed by atoms with Gasteiger partial charge in [-0.25, -0.2) is 9.37 Å². The second-order valence-corrected chi connectivity index (χ2v) is 9.91. The van der Waals surface area contributed by atoms with Crippen LogP contribution in [-0.4, -0.2) is 52.7 Å². The first-order valence-electron chi connectivity index (χ1n) is 13.1. The summed E-state index contributed by atoms with van der Waals surface area (Å²) >= 11 is 6.75. The summed E-state index contributed by atoms with van der Waals surface area (Å²) in [7, 11) is 1.52. The van der Waals surface area contributed by atoms with E-state index in [0.29, 0.717) is 48.5 Å². The van der Waals surface area contributed by atoms with E-state index in [1.807, 2.05) is 6.07 Å². The molecule has 0 spiro atoms. The first-order chi connectivity index (χ1) is 20.4. The zero-order valence-electron chi connectivity index (χ0n) is 22.5. The van der Waals surface area contributed by atoms with E-state index in [4.69, 9.17) is 16.3 Å². The van der Waals surface area contributed by atoms with Gasteiger partial charge < -0.3 is 20.7 Å². The molecule has 4 aromatic rings. The Morgan fingerprint density at radius 1 is 1.17 bits per heavy atom. The van der Waals surface area contributed by atoms with Gasteiger partial charge in [0.05, 0.1) is 29.2 Å². The number of methoxy groups -OCH3 is 1. The number of halogens is 2. The predicted octanol–water partition coefficient (Wildman–Crippen LogP) is 4.44. The summed E-state index contributed by atoms with van der Waals surface area (Å²) < 4.78 is 21.2. The molecule has 1 aromatic carbocycles. The molecule has 1 atom stereocenters. The number of ether oxygens (including phenoxy) is 1. The van der Waals surface area contributed by atoms with E-state index in [0.717, 1.165) is 12.0 Å². The summed E-state index contributed by atoms with van der Waals surface area (Å²) in [5.74, 6) is -0.909. The highest BCUT2D eigenvalue weighted by Gasteiger charge is 2.21. The van der Waals surface area contributed by atoms with Gasteiger partial charge in [-0.15, -0.1) is 0 Å². The van der Waals surface area contributed by atoms with Crippen LogP contribution in [0, 0.1) is 5.82 Å². The number of aldehydes is 1. The SMILES string of the molecule is COc1nc(-c2ccnc(-c3cccc(NC(=O)c4ccc(C=O)cn4)c3F)c2Cl)ccc1CNC[C@@H]1CCC(=O)N1. The Morgan fingerprint density at radius 3 is 2.74 bits per heavy atom. The van der Waals surface area contributed by atoms with Crippen molar-refractivity contribution in [2.75, 3.05) is 19.0 Å². The first kappa shape index (κ1) is 28.8. The van der Waals surface area contributed by atoms with E-state index < -0.39 is 11.7 Å². The number of hydrogen-bond acceptors (Lipinski definition) is 8. The number of carbonyl (C=O) groups excluding carboxylic acids is 3. The number of benzene rings is 1. The summed E-state index contributed by atoms with van der Waals surface area (Å²) in [5.41, 5.74) is 2.33. The van der Waals surface area contributed by atoms with E-state index in [-0.39, 0.29) is 39.6 Å². The minimum atomic E-state index is -0.729. The van der Waals surface area contributed by atoms with Crippen molar-refractivity contribution in [1.82, 2.24) is 25.6 Å². The molecule has 12 heteroatoms. The fourth-order valence-electron chi connectivity index (χ4n) is 4.58. The highest BCUT2D eigenvalue weighted by atomic mass is 35.5. The normalized spacial score (nSPS) is 14.4. The lowest BCUT2D eigenvalue weighted by molar-refractivity contribution is -0.119. The van der Waals surface area contributed by atoms with Crippen molar-refractivity contribution in [2.24, 2.45) is 0 Å². The van der Waals surface area contributed by atoms with Crippen LogP contribution < -0.4 is 20.7 Å². The predicted molar refractivity (Wildman–Crippen MR) is 155 cm³/mol. The lowest BCUT2D eigenvalue weighted by Crippen LogP contribution is -2.35. The van der Waals surface area contributed by atoms with Gasteiger partial charge in [-0.05, 0) is 42.8 Å². The minimum Gasteiger partial charge on any atom is -0.481 e. The van der Waals surface area contributed by atoms with E-state index in [2.05, 4.69) is 30.9 Å². The Hall–Kier alpha value is -4.74. The number of amides is 2. The highest BCUT2D eigenvalue weighted by molar-refractivity contribution is 6.35. The third-order valence-electron chi connectivity index (χ3n) is 6.75. The lowest BCUT2D eigenvalue weighted by atomic mass is 10.0. The number of nitrogens with zero attached hydrogens (tertiary/aromatic N) is 3. The molecule has 2 amide bonds. The molecular weight excluding hydrogens is 563 g/mol. The van der Waals surface area contributed by atoms with Crippen molar-refractivity contribution in [1.29, 1.82) is 0 Å². The second-order valence-electron chi connectivity index (χ2n) is 9.54. The third kappa shape index (κ3) is 6.27. The van der Waals surface area contributed by atoms with Crippen molar-refractivity contribution in [3.8, 4) is 28.4 Å². The van der Waals surface area contributed by atoms with E-state index in [9.17, 15) is 14.4 Å². The summed E-state index contributed by atoms with van der Waals surface area (Å²) in [6.45, 7) is 1.11. The zero-order chi connectivity index (χ0) is 29.6. The smallest absolute Gasteiger partial charge is 0.274 e. The van der Waals surface area contributed by atoms with E-state index in [1.54, 1.807) is 18.2 Å².